The molecule has 0 fully saturated rings. The molecule has 0 radical (unpaired) electrons. The van der Waals surface area contributed by atoms with Gasteiger partial charge in [-0.25, -0.2) is 9.67 Å². The first-order chi connectivity index (χ1) is 12.6. The van der Waals surface area contributed by atoms with Gasteiger partial charge in [-0.15, -0.1) is 11.3 Å². The van der Waals surface area contributed by atoms with Crippen molar-refractivity contribution in [3.05, 3.63) is 71.2 Å². The van der Waals surface area contributed by atoms with Gasteiger partial charge in [-0.2, -0.15) is 5.10 Å². The number of rotatable bonds is 4. The van der Waals surface area contributed by atoms with Gasteiger partial charge in [-0.05, 0) is 50.2 Å². The molecule has 0 spiro atoms. The van der Waals surface area contributed by atoms with Crippen LogP contribution in [-0.2, 0) is 0 Å². The Morgan fingerprint density at radius 1 is 1.19 bits per heavy atom. The summed E-state index contributed by atoms with van der Waals surface area (Å²) in [5.41, 5.74) is 3.59. The quantitative estimate of drug-likeness (QED) is 0.580. The lowest BCUT2D eigenvalue weighted by Crippen LogP contribution is -2.10. The second-order valence-corrected chi connectivity index (χ2v) is 6.88. The lowest BCUT2D eigenvalue weighted by molar-refractivity contribution is 0.103. The highest BCUT2D eigenvalue weighted by molar-refractivity contribution is 7.17. The van der Waals surface area contributed by atoms with Crippen molar-refractivity contribution in [2.45, 2.75) is 13.8 Å². The van der Waals surface area contributed by atoms with E-state index in [0.717, 1.165) is 17.1 Å². The molecule has 3 heterocycles. The number of aryl methyl sites for hydroxylation is 2. The average molecular weight is 364 g/mol. The van der Waals surface area contributed by atoms with Crippen LogP contribution in [0.2, 0.25) is 0 Å². The second-order valence-electron chi connectivity index (χ2n) is 5.85. The van der Waals surface area contributed by atoms with Gasteiger partial charge >= 0.3 is 0 Å². The maximum Gasteiger partial charge on any atom is 0.267 e. The number of thiazole rings is 1. The molecule has 7 heteroatoms. The number of nitrogens with one attached hydrogen (secondary N) is 1. The van der Waals surface area contributed by atoms with E-state index in [1.807, 2.05) is 54.9 Å². The maximum absolute atomic E-state index is 12.5. The first-order valence-corrected chi connectivity index (χ1v) is 8.86. The van der Waals surface area contributed by atoms with Crippen molar-refractivity contribution < 1.29 is 9.21 Å². The number of hydrogen-bond donors (Lipinski definition) is 1. The second kappa shape index (κ2) is 6.61. The fraction of sp³-hybridized carbons (Fsp3) is 0.105. The summed E-state index contributed by atoms with van der Waals surface area (Å²) in [5.74, 6) is 0.450. The number of furan rings is 1. The van der Waals surface area contributed by atoms with Gasteiger partial charge in [0.1, 0.15) is 4.88 Å². The SMILES string of the molecule is Cc1cc(C)n(-c2cccc(NC(=O)c3cnc(-c4ccco4)s3)c2)n1. The minimum atomic E-state index is -0.203. The highest BCUT2D eigenvalue weighted by atomic mass is 32.1. The molecule has 3 aromatic heterocycles. The summed E-state index contributed by atoms with van der Waals surface area (Å²) in [7, 11) is 0. The normalized spacial score (nSPS) is 10.8. The summed E-state index contributed by atoms with van der Waals surface area (Å²) >= 11 is 1.29. The molecule has 0 aliphatic heterocycles. The molecule has 1 N–H and O–H groups in total. The third-order valence-corrected chi connectivity index (χ3v) is 4.83. The zero-order valence-electron chi connectivity index (χ0n) is 14.3. The third kappa shape index (κ3) is 3.16. The van der Waals surface area contributed by atoms with Gasteiger partial charge < -0.3 is 9.73 Å². The molecule has 6 nitrogen and oxygen atoms in total. The molecule has 0 aliphatic carbocycles. The third-order valence-electron chi connectivity index (χ3n) is 3.82. The lowest BCUT2D eigenvalue weighted by atomic mass is 10.2. The Balaban J connectivity index is 1.55. The highest BCUT2D eigenvalue weighted by Gasteiger charge is 2.14. The van der Waals surface area contributed by atoms with Gasteiger partial charge in [0.2, 0.25) is 0 Å². The summed E-state index contributed by atoms with van der Waals surface area (Å²) in [6.07, 6.45) is 3.14. The van der Waals surface area contributed by atoms with Crippen LogP contribution in [0, 0.1) is 13.8 Å². The first kappa shape index (κ1) is 16.3. The lowest BCUT2D eigenvalue weighted by Gasteiger charge is -2.08. The molecular weight excluding hydrogens is 348 g/mol. The number of hydrogen-bond acceptors (Lipinski definition) is 5. The fourth-order valence-electron chi connectivity index (χ4n) is 2.69. The van der Waals surface area contributed by atoms with E-state index in [0.29, 0.717) is 21.3 Å². The Hall–Kier alpha value is -3.19. The smallest absolute Gasteiger partial charge is 0.267 e. The number of nitrogens with zero attached hydrogens (tertiary/aromatic N) is 3. The van der Waals surface area contributed by atoms with Crippen molar-refractivity contribution in [3.63, 3.8) is 0 Å². The average Bonchev–Trinajstić information content (AvgIpc) is 3.35. The number of aromatic nitrogens is 3. The van der Waals surface area contributed by atoms with Crippen LogP contribution < -0.4 is 5.32 Å². The van der Waals surface area contributed by atoms with E-state index in [1.54, 1.807) is 18.5 Å². The zero-order valence-corrected chi connectivity index (χ0v) is 15.1. The molecule has 26 heavy (non-hydrogen) atoms. The summed E-state index contributed by atoms with van der Waals surface area (Å²) in [4.78, 5) is 17.3. The van der Waals surface area contributed by atoms with Gasteiger partial charge in [0.05, 0.1) is 23.8 Å². The summed E-state index contributed by atoms with van der Waals surface area (Å²) in [6, 6.07) is 13.2. The standard InChI is InChI=1S/C19H16N4O2S/c1-12-9-13(2)23(22-12)15-6-3-5-14(10-15)21-18(24)17-11-20-19(26-17)16-7-4-8-25-16/h3-11H,1-2H3,(H,21,24). The topological polar surface area (TPSA) is 73.0 Å². The van der Waals surface area contributed by atoms with Gasteiger partial charge in [0.25, 0.3) is 5.91 Å². The van der Waals surface area contributed by atoms with Crippen molar-refractivity contribution in [3.8, 4) is 16.5 Å². The summed E-state index contributed by atoms with van der Waals surface area (Å²) in [5, 5.41) is 8.07. The minimum absolute atomic E-state index is 0.203. The molecule has 130 valence electrons. The van der Waals surface area contributed by atoms with Gasteiger partial charge in [0.15, 0.2) is 10.8 Å². The van der Waals surface area contributed by atoms with E-state index in [1.165, 1.54) is 11.3 Å². The Morgan fingerprint density at radius 2 is 2.08 bits per heavy atom. The molecule has 1 amide bonds. The van der Waals surface area contributed by atoms with Crippen molar-refractivity contribution in [1.82, 2.24) is 14.8 Å². The van der Waals surface area contributed by atoms with Crippen LogP contribution >= 0.6 is 11.3 Å². The molecule has 0 bridgehead atoms. The predicted octanol–water partition coefficient (Wildman–Crippen LogP) is 4.46. The molecule has 4 aromatic rings. The molecule has 0 unspecified atom stereocenters. The predicted molar refractivity (Wildman–Crippen MR) is 101 cm³/mol. The van der Waals surface area contributed by atoms with E-state index in [4.69, 9.17) is 4.42 Å². The Kier molecular flexibility index (Phi) is 4.14. The van der Waals surface area contributed by atoms with Crippen LogP contribution in [0.25, 0.3) is 16.5 Å². The van der Waals surface area contributed by atoms with Crippen molar-refractivity contribution in [2.75, 3.05) is 5.32 Å². The molecule has 0 aliphatic rings. The monoisotopic (exact) mass is 364 g/mol. The molecule has 0 saturated heterocycles. The largest absolute Gasteiger partial charge is 0.462 e. The van der Waals surface area contributed by atoms with Crippen LogP contribution in [0.3, 0.4) is 0 Å². The number of anilines is 1. The molecule has 0 atom stereocenters. The summed E-state index contributed by atoms with van der Waals surface area (Å²) in [6.45, 7) is 3.95. The van der Waals surface area contributed by atoms with Crippen LogP contribution in [0.4, 0.5) is 5.69 Å². The molecule has 1 aromatic carbocycles. The maximum atomic E-state index is 12.5. The number of carbonyl (C=O) groups excluding carboxylic acids is 1. The zero-order chi connectivity index (χ0) is 18.1. The molecule has 0 saturated carbocycles. The van der Waals surface area contributed by atoms with Gasteiger partial charge in [-0.1, -0.05) is 6.07 Å². The first-order valence-electron chi connectivity index (χ1n) is 8.05. The van der Waals surface area contributed by atoms with Crippen LogP contribution in [-0.4, -0.2) is 20.7 Å². The van der Waals surface area contributed by atoms with Crippen LogP contribution in [0.1, 0.15) is 21.1 Å². The molecular formula is C19H16N4O2S. The van der Waals surface area contributed by atoms with Crippen LogP contribution in [0.5, 0.6) is 0 Å². The van der Waals surface area contributed by atoms with Crippen molar-refractivity contribution >= 4 is 22.9 Å². The van der Waals surface area contributed by atoms with E-state index in [9.17, 15) is 4.79 Å². The minimum Gasteiger partial charge on any atom is -0.462 e. The summed E-state index contributed by atoms with van der Waals surface area (Å²) < 4.78 is 7.17. The van der Waals surface area contributed by atoms with E-state index in [-0.39, 0.29) is 5.91 Å². The van der Waals surface area contributed by atoms with Crippen molar-refractivity contribution in [1.29, 1.82) is 0 Å². The Morgan fingerprint density at radius 3 is 2.81 bits per heavy atom. The van der Waals surface area contributed by atoms with Crippen molar-refractivity contribution in [2.24, 2.45) is 0 Å². The molecule has 4 rings (SSSR count). The van der Waals surface area contributed by atoms with Gasteiger partial charge in [0, 0.05) is 11.4 Å². The highest BCUT2D eigenvalue weighted by Crippen LogP contribution is 2.26. The number of amides is 1. The Labute approximate surface area is 154 Å². The van der Waals surface area contributed by atoms with Crippen LogP contribution in [0.15, 0.2) is 59.3 Å². The van der Waals surface area contributed by atoms with E-state index < -0.39 is 0 Å². The fourth-order valence-corrected chi connectivity index (χ4v) is 3.47. The Bertz CT molecular complexity index is 1060. The van der Waals surface area contributed by atoms with E-state index >= 15 is 0 Å². The number of carbonyl (C=O) groups is 1. The number of benzene rings is 1. The van der Waals surface area contributed by atoms with E-state index in [2.05, 4.69) is 15.4 Å². The van der Waals surface area contributed by atoms with Gasteiger partial charge in [-0.3, -0.25) is 4.79 Å².